The maximum atomic E-state index is 13.8. The number of aromatic nitrogens is 3. The summed E-state index contributed by atoms with van der Waals surface area (Å²) < 4.78 is 20.1. The van der Waals surface area contributed by atoms with Gasteiger partial charge in [0.1, 0.15) is 22.8 Å². The topological polar surface area (TPSA) is 133 Å². The number of amides is 1. The number of rotatable bonds is 8. The average Bonchev–Trinajstić information content (AvgIpc) is 3.46. The molecule has 2 aromatic heterocycles. The van der Waals surface area contributed by atoms with Crippen LogP contribution < -0.4 is 14.2 Å². The van der Waals surface area contributed by atoms with Crippen LogP contribution in [0, 0.1) is 0 Å². The first kappa shape index (κ1) is 33.2. The van der Waals surface area contributed by atoms with Crippen LogP contribution in [0.3, 0.4) is 0 Å². The summed E-state index contributed by atoms with van der Waals surface area (Å²) in [5.41, 5.74) is 3.16. The average molecular weight is 634 g/mol. The summed E-state index contributed by atoms with van der Waals surface area (Å²) in [6.07, 6.45) is 7.67. The van der Waals surface area contributed by atoms with E-state index in [-0.39, 0.29) is 53.2 Å². The van der Waals surface area contributed by atoms with Crippen molar-refractivity contribution in [2.24, 2.45) is 7.05 Å². The Bertz CT molecular complexity index is 1770. The van der Waals surface area contributed by atoms with Crippen molar-refractivity contribution in [3.05, 3.63) is 77.9 Å². The molecule has 1 amide bonds. The Balaban J connectivity index is 0.00000417. The van der Waals surface area contributed by atoms with Crippen molar-refractivity contribution in [3.63, 3.8) is 0 Å². The van der Waals surface area contributed by atoms with Gasteiger partial charge in [-0.3, -0.25) is 19.3 Å². The fraction of sp³-hybridized carbons (Fsp3) is 0.324. The van der Waals surface area contributed by atoms with Crippen LogP contribution in [0.5, 0.6) is 17.2 Å². The molecule has 0 atom stereocenters. The minimum absolute atomic E-state index is 0. The number of fused-ring (bicyclic) bond motifs is 1. The number of nitrogens with zero attached hydrogens (tertiary/aromatic N) is 4. The molecular formula is C34H34N4NaO7. The number of carboxylic acid groups (broad SMARTS) is 1. The molecule has 0 saturated carbocycles. The molecule has 0 unspecified atom stereocenters. The number of ketones is 1. The number of carbonyl (C=O) groups is 3. The van der Waals surface area contributed by atoms with Gasteiger partial charge in [-0.05, 0) is 49.7 Å². The van der Waals surface area contributed by atoms with Gasteiger partial charge in [0.25, 0.3) is 5.91 Å². The number of pyridine rings is 1. The number of Topliss-reactive ketones (excluding diaryl/α,β-unsaturated/α-hetero) is 1. The van der Waals surface area contributed by atoms with E-state index in [1.807, 2.05) is 27.1 Å². The van der Waals surface area contributed by atoms with E-state index in [0.29, 0.717) is 78.6 Å². The van der Waals surface area contributed by atoms with Crippen LogP contribution in [-0.2, 0) is 7.05 Å². The van der Waals surface area contributed by atoms with Gasteiger partial charge in [-0.15, -0.1) is 0 Å². The summed E-state index contributed by atoms with van der Waals surface area (Å²) in [7, 11) is 1.84. The molecule has 4 heterocycles. The molecule has 2 aliphatic rings. The third kappa shape index (κ3) is 6.53. The predicted octanol–water partition coefficient (Wildman–Crippen LogP) is 4.90. The van der Waals surface area contributed by atoms with Crippen molar-refractivity contribution >= 4 is 47.2 Å². The van der Waals surface area contributed by atoms with E-state index in [2.05, 4.69) is 10.1 Å². The van der Waals surface area contributed by atoms with Crippen molar-refractivity contribution in [1.82, 2.24) is 19.7 Å². The standard InChI is InChI=1S/C34H34N4O7.Na/c1-4-43-29-14-22(15-30(44-5-2)31(29)25-19-36-37(3)20-25)32(40)38-10-8-34(9-11-38)16-27(39)26-13-21(6-7-28(26)45-34)23-12-24(33(41)42)18-35-17-23;/h6-7,12-15,17-20H,4-5,8-11,16H2,1-3H3,(H,41,42);. The van der Waals surface area contributed by atoms with Crippen LogP contribution in [0.4, 0.5) is 0 Å². The molecule has 1 radical (unpaired) electrons. The largest absolute Gasteiger partial charge is 0.493 e. The first-order chi connectivity index (χ1) is 21.7. The van der Waals surface area contributed by atoms with Crippen molar-refractivity contribution < 1.29 is 33.7 Å². The monoisotopic (exact) mass is 633 g/mol. The SMILES string of the molecule is CCOc1cc(C(=O)N2CCC3(CC2)CC(=O)c2cc(-c4cncc(C(=O)O)c4)ccc2O3)cc(OCC)c1-c1cnn(C)c1.[Na]. The number of piperidine rings is 1. The van der Waals surface area contributed by atoms with Crippen molar-refractivity contribution in [1.29, 1.82) is 0 Å². The van der Waals surface area contributed by atoms with Crippen molar-refractivity contribution in [2.45, 2.75) is 38.7 Å². The minimum atomic E-state index is -1.07. The second-order valence-electron chi connectivity index (χ2n) is 11.3. The normalized spacial score (nSPS) is 15.0. The van der Waals surface area contributed by atoms with E-state index in [0.717, 1.165) is 11.1 Å². The smallest absolute Gasteiger partial charge is 0.337 e. The number of likely N-dealkylation sites (tertiary alicyclic amines) is 1. The molecule has 6 rings (SSSR count). The van der Waals surface area contributed by atoms with Crippen LogP contribution >= 0.6 is 0 Å². The zero-order chi connectivity index (χ0) is 31.7. The van der Waals surface area contributed by atoms with Gasteiger partial charge in [0, 0.05) is 97.8 Å². The van der Waals surface area contributed by atoms with Crippen LogP contribution in [0.25, 0.3) is 22.3 Å². The molecule has 1 fully saturated rings. The van der Waals surface area contributed by atoms with E-state index in [1.54, 1.807) is 52.3 Å². The Morgan fingerprint density at radius 2 is 1.63 bits per heavy atom. The minimum Gasteiger partial charge on any atom is -0.493 e. The zero-order valence-electron chi connectivity index (χ0n) is 26.4. The van der Waals surface area contributed by atoms with E-state index in [1.165, 1.54) is 12.3 Å². The van der Waals surface area contributed by atoms with Gasteiger partial charge in [0.2, 0.25) is 0 Å². The van der Waals surface area contributed by atoms with Gasteiger partial charge >= 0.3 is 5.97 Å². The molecule has 4 aromatic rings. The summed E-state index contributed by atoms with van der Waals surface area (Å²) in [5, 5.41) is 13.6. The third-order valence-corrected chi connectivity index (χ3v) is 8.28. The number of hydrogen-bond acceptors (Lipinski definition) is 8. The number of ether oxygens (including phenoxy) is 3. The van der Waals surface area contributed by atoms with Gasteiger partial charge in [-0.1, -0.05) is 6.07 Å². The number of carboxylic acids is 1. The van der Waals surface area contributed by atoms with E-state index in [4.69, 9.17) is 14.2 Å². The zero-order valence-corrected chi connectivity index (χ0v) is 28.4. The summed E-state index contributed by atoms with van der Waals surface area (Å²) in [5.74, 6) is 0.334. The first-order valence-electron chi connectivity index (χ1n) is 15.0. The van der Waals surface area contributed by atoms with Crippen LogP contribution in [-0.4, -0.2) is 104 Å². The predicted molar refractivity (Wildman–Crippen MR) is 171 cm³/mol. The number of hydrogen-bond donors (Lipinski definition) is 1. The quantitative estimate of drug-likeness (QED) is 0.269. The maximum absolute atomic E-state index is 13.8. The Hall–Kier alpha value is -4.19. The second-order valence-corrected chi connectivity index (χ2v) is 11.3. The molecule has 2 aromatic carbocycles. The molecule has 46 heavy (non-hydrogen) atoms. The number of carbonyl (C=O) groups excluding carboxylic acids is 2. The fourth-order valence-corrected chi connectivity index (χ4v) is 6.05. The van der Waals surface area contributed by atoms with E-state index >= 15 is 0 Å². The summed E-state index contributed by atoms with van der Waals surface area (Å²) >= 11 is 0. The molecule has 1 spiro atoms. The van der Waals surface area contributed by atoms with Gasteiger partial charge in [0.05, 0.1) is 42.5 Å². The van der Waals surface area contributed by atoms with Crippen LogP contribution in [0.1, 0.15) is 64.2 Å². The van der Waals surface area contributed by atoms with Crippen molar-refractivity contribution in [2.75, 3.05) is 26.3 Å². The van der Waals surface area contributed by atoms with Gasteiger partial charge in [-0.25, -0.2) is 4.79 Å². The van der Waals surface area contributed by atoms with E-state index in [9.17, 15) is 19.5 Å². The number of benzene rings is 2. The summed E-state index contributed by atoms with van der Waals surface area (Å²) in [4.78, 5) is 44.4. The number of aromatic carboxylic acids is 1. The molecule has 1 N–H and O–H groups in total. The molecule has 233 valence electrons. The molecular weight excluding hydrogens is 599 g/mol. The molecule has 0 bridgehead atoms. The van der Waals surface area contributed by atoms with Crippen LogP contribution in [0.15, 0.2) is 61.2 Å². The Morgan fingerprint density at radius 1 is 0.935 bits per heavy atom. The van der Waals surface area contributed by atoms with Gasteiger partial charge in [-0.2, -0.15) is 5.10 Å². The molecule has 2 aliphatic heterocycles. The first-order valence-corrected chi connectivity index (χ1v) is 15.0. The Kier molecular flexibility index (Phi) is 9.85. The van der Waals surface area contributed by atoms with E-state index < -0.39 is 11.6 Å². The van der Waals surface area contributed by atoms with Gasteiger partial charge < -0.3 is 24.2 Å². The molecule has 0 aliphatic carbocycles. The Morgan fingerprint density at radius 3 is 2.24 bits per heavy atom. The molecule has 12 heteroatoms. The van der Waals surface area contributed by atoms with Crippen LogP contribution in [0.2, 0.25) is 0 Å². The van der Waals surface area contributed by atoms with Gasteiger partial charge in [0.15, 0.2) is 5.78 Å². The molecule has 1 saturated heterocycles. The Labute approximate surface area is 288 Å². The summed E-state index contributed by atoms with van der Waals surface area (Å²) in [6.45, 7) is 5.47. The summed E-state index contributed by atoms with van der Waals surface area (Å²) in [6, 6.07) is 10.3. The van der Waals surface area contributed by atoms with Crippen molar-refractivity contribution in [3.8, 4) is 39.5 Å². The second kappa shape index (κ2) is 13.7. The molecule has 11 nitrogen and oxygen atoms in total. The fourth-order valence-electron chi connectivity index (χ4n) is 6.05. The number of aryl methyl sites for hydroxylation is 1. The maximum Gasteiger partial charge on any atom is 0.337 e. The third-order valence-electron chi connectivity index (χ3n) is 8.28.